The Morgan fingerprint density at radius 2 is 1.54 bits per heavy atom. The first-order valence-corrected chi connectivity index (χ1v) is 13.7. The zero-order valence-corrected chi connectivity index (χ0v) is 23.1. The monoisotopic (exact) mass is 539 g/mol. The number of aromatic nitrogens is 6. The summed E-state index contributed by atoms with van der Waals surface area (Å²) in [7, 11) is 1.95. The summed E-state index contributed by atoms with van der Waals surface area (Å²) in [6.07, 6.45) is 8.41. The molecule has 210 valence electrons. The second-order valence-electron chi connectivity index (χ2n) is 10.5. The SMILES string of the molecule is CCC(NCC1CC(C(NC)c2ncccn2)C1)c1ncc(C(F)F)c(CNC(c2ncccn2)C(C)C)n1. The fraction of sp³-hybridized carbons (Fsp3) is 0.571. The van der Waals surface area contributed by atoms with Crippen molar-refractivity contribution in [3.05, 3.63) is 71.8 Å². The summed E-state index contributed by atoms with van der Waals surface area (Å²) in [5, 5.41) is 10.3. The maximum absolute atomic E-state index is 13.8. The van der Waals surface area contributed by atoms with Gasteiger partial charge in [-0.25, -0.2) is 38.7 Å². The molecule has 39 heavy (non-hydrogen) atoms. The van der Waals surface area contributed by atoms with Gasteiger partial charge in [-0.1, -0.05) is 20.8 Å². The number of rotatable bonds is 14. The molecule has 0 aliphatic heterocycles. The van der Waals surface area contributed by atoms with Crippen molar-refractivity contribution in [1.29, 1.82) is 0 Å². The summed E-state index contributed by atoms with van der Waals surface area (Å²) in [5.74, 6) is 3.16. The molecule has 0 bridgehead atoms. The Bertz CT molecular complexity index is 1140. The minimum Gasteiger partial charge on any atom is -0.310 e. The molecule has 9 nitrogen and oxygen atoms in total. The van der Waals surface area contributed by atoms with Gasteiger partial charge in [-0.3, -0.25) is 0 Å². The predicted molar refractivity (Wildman–Crippen MR) is 145 cm³/mol. The van der Waals surface area contributed by atoms with Crippen molar-refractivity contribution < 1.29 is 8.78 Å². The second kappa shape index (κ2) is 13.9. The van der Waals surface area contributed by atoms with Gasteiger partial charge >= 0.3 is 0 Å². The van der Waals surface area contributed by atoms with Crippen molar-refractivity contribution in [1.82, 2.24) is 45.9 Å². The maximum atomic E-state index is 13.8. The summed E-state index contributed by atoms with van der Waals surface area (Å²) in [4.78, 5) is 26.5. The van der Waals surface area contributed by atoms with Gasteiger partial charge < -0.3 is 16.0 Å². The van der Waals surface area contributed by atoms with Crippen molar-refractivity contribution in [3.8, 4) is 0 Å². The highest BCUT2D eigenvalue weighted by Crippen LogP contribution is 2.41. The van der Waals surface area contributed by atoms with Crippen LogP contribution in [0.4, 0.5) is 8.78 Å². The van der Waals surface area contributed by atoms with Crippen LogP contribution >= 0.6 is 0 Å². The lowest BCUT2D eigenvalue weighted by Gasteiger charge is -2.40. The van der Waals surface area contributed by atoms with Crippen LogP contribution in [0.3, 0.4) is 0 Å². The van der Waals surface area contributed by atoms with E-state index in [9.17, 15) is 8.78 Å². The molecule has 0 spiro atoms. The third-order valence-corrected chi connectivity index (χ3v) is 7.47. The summed E-state index contributed by atoms with van der Waals surface area (Å²) in [6, 6.07) is 3.41. The van der Waals surface area contributed by atoms with Gasteiger partial charge in [0.25, 0.3) is 6.43 Å². The van der Waals surface area contributed by atoms with Gasteiger partial charge in [-0.15, -0.1) is 0 Å². The van der Waals surface area contributed by atoms with Crippen LogP contribution < -0.4 is 16.0 Å². The van der Waals surface area contributed by atoms with Crippen LogP contribution in [-0.4, -0.2) is 43.5 Å². The zero-order valence-electron chi connectivity index (χ0n) is 23.1. The highest BCUT2D eigenvalue weighted by Gasteiger charge is 2.36. The maximum Gasteiger partial charge on any atom is 0.267 e. The van der Waals surface area contributed by atoms with E-state index in [0.29, 0.717) is 29.2 Å². The van der Waals surface area contributed by atoms with Crippen molar-refractivity contribution in [2.45, 2.75) is 71.1 Å². The standard InChI is InChI=1S/C28H39F2N9/c1-5-21(36-14-18-12-19(13-18)24(31-4)28-34-10-7-11-35-28)26-38-15-20(25(29)30)22(39-26)16-37-23(17(2)3)27-32-8-6-9-33-27/h6-11,15,17-19,21,23-25,31,36-37H,5,12-14,16H2,1-4H3. The molecule has 4 rings (SSSR count). The lowest BCUT2D eigenvalue weighted by atomic mass is 9.70. The van der Waals surface area contributed by atoms with Crippen LogP contribution in [-0.2, 0) is 6.54 Å². The average molecular weight is 540 g/mol. The summed E-state index contributed by atoms with van der Waals surface area (Å²) in [6.45, 7) is 7.12. The molecule has 1 saturated carbocycles. The Morgan fingerprint density at radius 3 is 2.10 bits per heavy atom. The van der Waals surface area contributed by atoms with E-state index in [0.717, 1.165) is 31.6 Å². The topological polar surface area (TPSA) is 113 Å². The van der Waals surface area contributed by atoms with E-state index >= 15 is 0 Å². The molecule has 0 amide bonds. The lowest BCUT2D eigenvalue weighted by Crippen LogP contribution is -2.41. The van der Waals surface area contributed by atoms with E-state index in [2.05, 4.69) is 52.8 Å². The normalized spacial score (nSPS) is 19.6. The highest BCUT2D eigenvalue weighted by molar-refractivity contribution is 5.20. The van der Waals surface area contributed by atoms with E-state index in [4.69, 9.17) is 0 Å². The minimum atomic E-state index is -2.66. The number of nitrogens with zero attached hydrogens (tertiary/aromatic N) is 6. The Hall–Kier alpha value is -3.02. The zero-order chi connectivity index (χ0) is 27.8. The lowest BCUT2D eigenvalue weighted by molar-refractivity contribution is 0.137. The Morgan fingerprint density at radius 1 is 0.897 bits per heavy atom. The molecule has 3 N–H and O–H groups in total. The van der Waals surface area contributed by atoms with E-state index in [1.165, 1.54) is 6.20 Å². The fourth-order valence-electron chi connectivity index (χ4n) is 5.24. The molecule has 1 fully saturated rings. The van der Waals surface area contributed by atoms with Gasteiger partial charge in [0.2, 0.25) is 0 Å². The largest absolute Gasteiger partial charge is 0.310 e. The van der Waals surface area contributed by atoms with Crippen molar-refractivity contribution in [2.24, 2.45) is 17.8 Å². The van der Waals surface area contributed by atoms with Crippen LogP contribution in [0.2, 0.25) is 0 Å². The van der Waals surface area contributed by atoms with Crippen LogP contribution in [0.15, 0.2) is 43.1 Å². The van der Waals surface area contributed by atoms with Crippen LogP contribution in [0, 0.1) is 17.8 Å². The number of hydrogen-bond acceptors (Lipinski definition) is 9. The van der Waals surface area contributed by atoms with E-state index in [-0.39, 0.29) is 36.2 Å². The molecule has 11 heteroatoms. The Labute approximate surface area is 229 Å². The molecule has 1 aliphatic carbocycles. The van der Waals surface area contributed by atoms with Gasteiger partial charge in [0, 0.05) is 37.5 Å². The van der Waals surface area contributed by atoms with Crippen molar-refractivity contribution in [2.75, 3.05) is 13.6 Å². The van der Waals surface area contributed by atoms with Crippen LogP contribution in [0.1, 0.15) is 93.3 Å². The minimum absolute atomic E-state index is 0.120. The van der Waals surface area contributed by atoms with E-state index < -0.39 is 6.43 Å². The molecular formula is C28H39F2N9. The Balaban J connectivity index is 1.38. The Kier molecular flexibility index (Phi) is 10.3. The molecule has 3 unspecified atom stereocenters. The molecule has 0 saturated heterocycles. The van der Waals surface area contributed by atoms with Crippen LogP contribution in [0.5, 0.6) is 0 Å². The first kappa shape index (κ1) is 29.0. The van der Waals surface area contributed by atoms with Gasteiger partial charge in [-0.2, -0.15) is 0 Å². The van der Waals surface area contributed by atoms with E-state index in [1.807, 2.05) is 27.0 Å². The molecule has 3 atom stereocenters. The molecule has 3 heterocycles. The molecule has 1 aliphatic rings. The van der Waals surface area contributed by atoms with E-state index in [1.54, 1.807) is 30.9 Å². The smallest absolute Gasteiger partial charge is 0.267 e. The van der Waals surface area contributed by atoms with Gasteiger partial charge in [-0.05, 0) is 62.7 Å². The molecule has 3 aromatic heterocycles. The van der Waals surface area contributed by atoms with Gasteiger partial charge in [0.05, 0.1) is 29.4 Å². The fourth-order valence-corrected chi connectivity index (χ4v) is 5.24. The van der Waals surface area contributed by atoms with Crippen molar-refractivity contribution in [3.63, 3.8) is 0 Å². The molecular weight excluding hydrogens is 500 g/mol. The summed E-state index contributed by atoms with van der Waals surface area (Å²) in [5.41, 5.74) is 0.154. The second-order valence-corrected chi connectivity index (χ2v) is 10.5. The number of nitrogens with one attached hydrogen (secondary N) is 3. The highest BCUT2D eigenvalue weighted by atomic mass is 19.3. The first-order valence-electron chi connectivity index (χ1n) is 13.7. The number of hydrogen-bond donors (Lipinski definition) is 3. The summed E-state index contributed by atoms with van der Waals surface area (Å²) >= 11 is 0. The average Bonchev–Trinajstić information content (AvgIpc) is 2.92. The summed E-state index contributed by atoms with van der Waals surface area (Å²) < 4.78 is 27.7. The quantitative estimate of drug-likeness (QED) is 0.272. The van der Waals surface area contributed by atoms with Crippen LogP contribution in [0.25, 0.3) is 0 Å². The third-order valence-electron chi connectivity index (χ3n) is 7.47. The first-order chi connectivity index (χ1) is 18.9. The molecule has 0 aromatic carbocycles. The molecule has 0 radical (unpaired) electrons. The number of alkyl halides is 2. The van der Waals surface area contributed by atoms with Crippen molar-refractivity contribution >= 4 is 0 Å². The predicted octanol–water partition coefficient (Wildman–Crippen LogP) is 4.51. The molecule has 3 aromatic rings. The third kappa shape index (κ3) is 7.34. The van der Waals surface area contributed by atoms with Gasteiger partial charge in [0.1, 0.15) is 17.5 Å². The van der Waals surface area contributed by atoms with Gasteiger partial charge in [0.15, 0.2) is 0 Å². The number of halogens is 2.